The smallest absolute Gasteiger partial charge is 0.246 e. The third-order valence-electron chi connectivity index (χ3n) is 4.83. The number of thioether (sulfide) groups is 1. The summed E-state index contributed by atoms with van der Waals surface area (Å²) in [5.74, 6) is -0.0188. The van der Waals surface area contributed by atoms with Crippen LogP contribution in [0, 0.1) is 5.82 Å². The van der Waals surface area contributed by atoms with Gasteiger partial charge in [0.05, 0.1) is 11.4 Å². The maximum Gasteiger partial charge on any atom is 0.246 e. The van der Waals surface area contributed by atoms with Crippen molar-refractivity contribution in [3.05, 3.63) is 35.6 Å². The van der Waals surface area contributed by atoms with E-state index in [9.17, 15) is 14.0 Å². The Morgan fingerprint density at radius 1 is 1.42 bits per heavy atom. The van der Waals surface area contributed by atoms with Crippen LogP contribution in [0.4, 0.5) is 4.39 Å². The fourth-order valence-corrected chi connectivity index (χ4v) is 4.64. The van der Waals surface area contributed by atoms with Gasteiger partial charge in [0.2, 0.25) is 11.8 Å². The molecule has 5 nitrogen and oxygen atoms in total. The number of piperidine rings is 1. The Balaban J connectivity index is 1.55. The second-order valence-electron chi connectivity index (χ2n) is 6.68. The van der Waals surface area contributed by atoms with Crippen LogP contribution < -0.4 is 5.32 Å². The Labute approximate surface area is 157 Å². The van der Waals surface area contributed by atoms with Crippen molar-refractivity contribution in [2.24, 2.45) is 0 Å². The highest BCUT2D eigenvalue weighted by molar-refractivity contribution is 8.00. The van der Waals surface area contributed by atoms with Crippen LogP contribution in [0.1, 0.15) is 25.3 Å². The molecule has 1 aromatic rings. The lowest BCUT2D eigenvalue weighted by Crippen LogP contribution is -2.57. The Morgan fingerprint density at radius 2 is 2.23 bits per heavy atom. The summed E-state index contributed by atoms with van der Waals surface area (Å²) in [5.41, 5.74) is 0.528. The molecule has 2 saturated heterocycles. The van der Waals surface area contributed by atoms with E-state index < -0.39 is 6.04 Å². The second-order valence-corrected chi connectivity index (χ2v) is 7.92. The maximum absolute atomic E-state index is 13.8. The van der Waals surface area contributed by atoms with Crippen molar-refractivity contribution in [3.63, 3.8) is 0 Å². The summed E-state index contributed by atoms with van der Waals surface area (Å²) in [6.45, 7) is 3.88. The number of nitrogens with one attached hydrogen (secondary N) is 1. The molecule has 0 aromatic heterocycles. The van der Waals surface area contributed by atoms with Crippen LogP contribution in [0.25, 0.3) is 0 Å². The molecule has 2 aliphatic heterocycles. The van der Waals surface area contributed by atoms with Gasteiger partial charge < -0.3 is 15.0 Å². The van der Waals surface area contributed by atoms with Gasteiger partial charge in [0.25, 0.3) is 0 Å². The average molecular weight is 380 g/mol. The molecule has 0 saturated carbocycles. The molecule has 2 aliphatic rings. The number of ether oxygens (including phenoxy) is 1. The number of hydrogen-bond donors (Lipinski definition) is 1. The van der Waals surface area contributed by atoms with E-state index in [2.05, 4.69) is 5.32 Å². The van der Waals surface area contributed by atoms with E-state index in [0.717, 1.165) is 12.8 Å². The Kier molecular flexibility index (Phi) is 6.53. The van der Waals surface area contributed by atoms with Crippen molar-refractivity contribution in [2.75, 3.05) is 25.4 Å². The summed E-state index contributed by atoms with van der Waals surface area (Å²) in [7, 11) is 0. The molecule has 26 heavy (non-hydrogen) atoms. The second kappa shape index (κ2) is 8.86. The topological polar surface area (TPSA) is 58.6 Å². The summed E-state index contributed by atoms with van der Waals surface area (Å²) in [4.78, 5) is 27.0. The summed E-state index contributed by atoms with van der Waals surface area (Å²) >= 11 is 1.43. The van der Waals surface area contributed by atoms with E-state index in [1.165, 1.54) is 17.8 Å². The zero-order valence-electron chi connectivity index (χ0n) is 14.9. The highest BCUT2D eigenvalue weighted by Gasteiger charge is 2.36. The number of amides is 2. The Morgan fingerprint density at radius 3 is 2.96 bits per heavy atom. The van der Waals surface area contributed by atoms with Crippen LogP contribution in [-0.4, -0.2) is 59.6 Å². The van der Waals surface area contributed by atoms with Gasteiger partial charge in [0.1, 0.15) is 11.9 Å². The molecule has 2 amide bonds. The maximum atomic E-state index is 13.8. The minimum Gasteiger partial charge on any atom is -0.377 e. The number of nitrogens with zero attached hydrogens (tertiary/aromatic N) is 1. The van der Waals surface area contributed by atoms with E-state index in [0.29, 0.717) is 37.4 Å². The lowest BCUT2D eigenvalue weighted by atomic mass is 10.1. The number of benzene rings is 1. The van der Waals surface area contributed by atoms with E-state index >= 15 is 0 Å². The quantitative estimate of drug-likeness (QED) is 0.849. The van der Waals surface area contributed by atoms with Gasteiger partial charge in [-0.3, -0.25) is 9.59 Å². The van der Waals surface area contributed by atoms with Crippen LogP contribution in [-0.2, 0) is 20.7 Å². The molecule has 0 radical (unpaired) electrons. The lowest BCUT2D eigenvalue weighted by molar-refractivity contribution is -0.139. The van der Waals surface area contributed by atoms with Crippen molar-refractivity contribution >= 4 is 23.6 Å². The third-order valence-corrected chi connectivity index (χ3v) is 6.14. The number of rotatable bonds is 5. The molecule has 0 bridgehead atoms. The van der Waals surface area contributed by atoms with Crippen molar-refractivity contribution in [3.8, 4) is 0 Å². The van der Waals surface area contributed by atoms with Crippen LogP contribution in [0.3, 0.4) is 0 Å². The number of carbonyl (C=O) groups excluding carboxylic acids is 2. The normalized spacial score (nSPS) is 26.5. The van der Waals surface area contributed by atoms with Gasteiger partial charge >= 0.3 is 0 Å². The minimum atomic E-state index is -0.509. The SMILES string of the molecule is CCO[C@@H]1CCCN(C(=O)[C@H]2CS[C@@H](Cc3ccccc3F)C(=O)N2)C1. The summed E-state index contributed by atoms with van der Waals surface area (Å²) in [6.07, 6.45) is 2.30. The average Bonchev–Trinajstić information content (AvgIpc) is 2.65. The first kappa shape index (κ1) is 19.2. The van der Waals surface area contributed by atoms with Crippen LogP contribution in [0.5, 0.6) is 0 Å². The first-order chi connectivity index (χ1) is 12.6. The Bertz CT molecular complexity index is 655. The molecule has 3 atom stereocenters. The number of hydrogen-bond acceptors (Lipinski definition) is 4. The molecule has 3 rings (SSSR count). The van der Waals surface area contributed by atoms with Crippen LogP contribution in [0.15, 0.2) is 24.3 Å². The van der Waals surface area contributed by atoms with Crippen LogP contribution >= 0.6 is 11.8 Å². The van der Waals surface area contributed by atoms with Crippen molar-refractivity contribution < 1.29 is 18.7 Å². The van der Waals surface area contributed by atoms with E-state index in [4.69, 9.17) is 4.74 Å². The lowest BCUT2D eigenvalue weighted by Gasteiger charge is -2.36. The zero-order valence-corrected chi connectivity index (χ0v) is 15.8. The highest BCUT2D eigenvalue weighted by atomic mass is 32.2. The van der Waals surface area contributed by atoms with Gasteiger partial charge in [-0.15, -0.1) is 11.8 Å². The van der Waals surface area contributed by atoms with E-state index in [1.807, 2.05) is 6.92 Å². The van der Waals surface area contributed by atoms with Crippen molar-refractivity contribution in [1.29, 1.82) is 0 Å². The predicted molar refractivity (Wildman–Crippen MR) is 99.5 cm³/mol. The molecule has 2 heterocycles. The molecule has 1 N–H and O–H groups in total. The van der Waals surface area contributed by atoms with E-state index in [-0.39, 0.29) is 29.0 Å². The summed E-state index contributed by atoms with van der Waals surface area (Å²) < 4.78 is 19.4. The molecule has 1 aromatic carbocycles. The third kappa shape index (κ3) is 4.57. The molecule has 0 unspecified atom stereocenters. The molecular weight excluding hydrogens is 355 g/mol. The van der Waals surface area contributed by atoms with E-state index in [1.54, 1.807) is 23.1 Å². The summed E-state index contributed by atoms with van der Waals surface area (Å²) in [5, 5.41) is 2.47. The number of carbonyl (C=O) groups is 2. The monoisotopic (exact) mass is 380 g/mol. The fraction of sp³-hybridized carbons (Fsp3) is 0.579. The zero-order chi connectivity index (χ0) is 18.5. The van der Waals surface area contributed by atoms with Gasteiger partial charge in [-0.2, -0.15) is 0 Å². The minimum absolute atomic E-state index is 0.0420. The van der Waals surface area contributed by atoms with Gasteiger partial charge in [-0.1, -0.05) is 18.2 Å². The van der Waals surface area contributed by atoms with Gasteiger partial charge in [-0.25, -0.2) is 4.39 Å². The van der Waals surface area contributed by atoms with Crippen molar-refractivity contribution in [2.45, 2.75) is 43.6 Å². The number of halogens is 1. The Hall–Kier alpha value is -1.60. The largest absolute Gasteiger partial charge is 0.377 e. The molecule has 7 heteroatoms. The van der Waals surface area contributed by atoms with Crippen LogP contribution in [0.2, 0.25) is 0 Å². The van der Waals surface area contributed by atoms with Crippen molar-refractivity contribution in [1.82, 2.24) is 10.2 Å². The first-order valence-corrected chi connectivity index (χ1v) is 10.2. The van der Waals surface area contributed by atoms with Gasteiger partial charge in [-0.05, 0) is 37.8 Å². The van der Waals surface area contributed by atoms with Gasteiger partial charge in [0.15, 0.2) is 0 Å². The molecule has 0 aliphatic carbocycles. The summed E-state index contributed by atoms with van der Waals surface area (Å²) in [6, 6.07) is 5.99. The molecular formula is C19H25FN2O3S. The fourth-order valence-electron chi connectivity index (χ4n) is 3.47. The molecule has 0 spiro atoms. The standard InChI is InChI=1S/C19H25FN2O3S/c1-2-25-14-7-5-9-22(11-14)19(24)16-12-26-17(18(23)21-16)10-13-6-3-4-8-15(13)20/h3-4,6,8,14,16-17H,2,5,7,9-12H2,1H3,(H,21,23)/t14-,16-,17+/m1/s1. The first-order valence-electron chi connectivity index (χ1n) is 9.14. The number of likely N-dealkylation sites (tertiary alicyclic amines) is 1. The van der Waals surface area contributed by atoms with Gasteiger partial charge in [0, 0.05) is 25.4 Å². The molecule has 142 valence electrons. The highest BCUT2D eigenvalue weighted by Crippen LogP contribution is 2.24. The predicted octanol–water partition coefficient (Wildman–Crippen LogP) is 2.00. The molecule has 2 fully saturated rings.